The first-order valence-corrected chi connectivity index (χ1v) is 8.20. The molecular formula is C14H22N2O3S. The molecule has 1 aliphatic rings. The molecule has 1 saturated carbocycles. The van der Waals surface area contributed by atoms with E-state index in [0.29, 0.717) is 18.3 Å². The summed E-state index contributed by atoms with van der Waals surface area (Å²) < 4.78 is 10.3. The highest BCUT2D eigenvalue weighted by molar-refractivity contribution is 7.99. The minimum atomic E-state index is -0.890. The molecule has 0 unspecified atom stereocenters. The summed E-state index contributed by atoms with van der Waals surface area (Å²) >= 11 is 1.88. The number of carbonyl (C=O) groups excluding carboxylic acids is 1. The summed E-state index contributed by atoms with van der Waals surface area (Å²) in [4.78, 5) is 16.2. The van der Waals surface area contributed by atoms with Crippen molar-refractivity contribution >= 4 is 17.7 Å². The zero-order valence-corrected chi connectivity index (χ0v) is 13.2. The van der Waals surface area contributed by atoms with Gasteiger partial charge >= 0.3 is 5.97 Å². The van der Waals surface area contributed by atoms with E-state index < -0.39 is 5.41 Å². The Hall–Kier alpha value is -1.04. The number of aromatic nitrogens is 2. The van der Waals surface area contributed by atoms with Gasteiger partial charge in [0.25, 0.3) is 0 Å². The van der Waals surface area contributed by atoms with Gasteiger partial charge in [-0.2, -0.15) is 16.7 Å². The normalized spacial score (nSPS) is 16.6. The molecule has 1 fully saturated rings. The van der Waals surface area contributed by atoms with Crippen LogP contribution in [0.3, 0.4) is 0 Å². The van der Waals surface area contributed by atoms with Gasteiger partial charge in [-0.25, -0.2) is 0 Å². The summed E-state index contributed by atoms with van der Waals surface area (Å²) in [5.41, 5.74) is -0.890. The number of thioether (sulfide) groups is 1. The molecule has 0 bridgehead atoms. The molecule has 20 heavy (non-hydrogen) atoms. The lowest BCUT2D eigenvalue weighted by Crippen LogP contribution is -2.31. The van der Waals surface area contributed by atoms with Gasteiger partial charge in [-0.1, -0.05) is 18.0 Å². The number of rotatable bonds is 6. The fraction of sp³-hybridized carbons (Fsp3) is 0.786. The van der Waals surface area contributed by atoms with Gasteiger partial charge in [0.15, 0.2) is 5.82 Å². The molecular weight excluding hydrogens is 276 g/mol. The molecule has 0 radical (unpaired) electrons. The Bertz CT molecular complexity index is 453. The Morgan fingerprint density at radius 1 is 1.45 bits per heavy atom. The minimum absolute atomic E-state index is 0.331. The van der Waals surface area contributed by atoms with Gasteiger partial charge in [0, 0.05) is 5.25 Å². The molecule has 1 aliphatic carbocycles. The zero-order valence-electron chi connectivity index (χ0n) is 12.3. The topological polar surface area (TPSA) is 65.2 Å². The highest BCUT2D eigenvalue weighted by Crippen LogP contribution is 2.31. The fourth-order valence-electron chi connectivity index (χ4n) is 2.21. The summed E-state index contributed by atoms with van der Waals surface area (Å²) in [6, 6.07) is 0. The summed E-state index contributed by atoms with van der Waals surface area (Å²) in [6.07, 6.45) is 5.21. The van der Waals surface area contributed by atoms with Crippen molar-refractivity contribution in [3.63, 3.8) is 0 Å². The standard InChI is InChI=1S/C14H22N2O3S/c1-4-18-13(17)14(2,3)12-15-11(16-19-12)9-20-10-7-5-6-8-10/h10H,4-9H2,1-3H3. The minimum Gasteiger partial charge on any atom is -0.465 e. The second-order valence-electron chi connectivity index (χ2n) is 5.58. The van der Waals surface area contributed by atoms with E-state index in [4.69, 9.17) is 9.26 Å². The van der Waals surface area contributed by atoms with Crippen molar-refractivity contribution in [3.05, 3.63) is 11.7 Å². The smallest absolute Gasteiger partial charge is 0.321 e. The quantitative estimate of drug-likeness (QED) is 0.752. The van der Waals surface area contributed by atoms with Crippen LogP contribution in [0.2, 0.25) is 0 Å². The van der Waals surface area contributed by atoms with Crippen LogP contribution < -0.4 is 0 Å². The van der Waals surface area contributed by atoms with Crippen LogP contribution in [0.15, 0.2) is 4.52 Å². The average molecular weight is 298 g/mol. The van der Waals surface area contributed by atoms with Crippen molar-refractivity contribution in [2.24, 2.45) is 0 Å². The average Bonchev–Trinajstić information content (AvgIpc) is 3.08. The lowest BCUT2D eigenvalue weighted by atomic mass is 9.94. The van der Waals surface area contributed by atoms with Gasteiger partial charge in [-0.15, -0.1) is 0 Å². The molecule has 112 valence electrons. The number of nitrogens with zero attached hydrogens (tertiary/aromatic N) is 2. The first-order valence-electron chi connectivity index (χ1n) is 7.16. The van der Waals surface area contributed by atoms with Crippen molar-refractivity contribution in [1.82, 2.24) is 10.1 Å². The first kappa shape index (κ1) is 15.4. The Kier molecular flexibility index (Phi) is 5.07. The summed E-state index contributed by atoms with van der Waals surface area (Å²) in [5.74, 6) is 1.40. The third kappa shape index (κ3) is 3.53. The van der Waals surface area contributed by atoms with Crippen molar-refractivity contribution < 1.29 is 14.1 Å². The number of ether oxygens (including phenoxy) is 1. The molecule has 0 aliphatic heterocycles. The van der Waals surface area contributed by atoms with E-state index in [9.17, 15) is 4.79 Å². The maximum absolute atomic E-state index is 11.9. The van der Waals surface area contributed by atoms with Gasteiger partial charge in [-0.05, 0) is 33.6 Å². The van der Waals surface area contributed by atoms with Crippen LogP contribution in [-0.2, 0) is 20.7 Å². The Morgan fingerprint density at radius 3 is 2.80 bits per heavy atom. The molecule has 1 aromatic heterocycles. The Balaban J connectivity index is 1.95. The third-order valence-corrected chi connectivity index (χ3v) is 4.91. The Labute approximate surface area is 123 Å². The van der Waals surface area contributed by atoms with E-state index in [2.05, 4.69) is 10.1 Å². The highest BCUT2D eigenvalue weighted by Gasteiger charge is 2.37. The van der Waals surface area contributed by atoms with Crippen LogP contribution in [0.1, 0.15) is 58.2 Å². The van der Waals surface area contributed by atoms with Crippen LogP contribution in [-0.4, -0.2) is 28.0 Å². The van der Waals surface area contributed by atoms with Crippen LogP contribution >= 0.6 is 11.8 Å². The molecule has 0 spiro atoms. The lowest BCUT2D eigenvalue weighted by Gasteiger charge is -2.17. The van der Waals surface area contributed by atoms with E-state index in [0.717, 1.165) is 11.0 Å². The second-order valence-corrected chi connectivity index (χ2v) is 6.87. The van der Waals surface area contributed by atoms with E-state index in [-0.39, 0.29) is 5.97 Å². The maximum Gasteiger partial charge on any atom is 0.321 e. The molecule has 2 rings (SSSR count). The van der Waals surface area contributed by atoms with Crippen LogP contribution in [0.4, 0.5) is 0 Å². The van der Waals surface area contributed by atoms with E-state index >= 15 is 0 Å². The van der Waals surface area contributed by atoms with Crippen molar-refractivity contribution in [2.75, 3.05) is 6.61 Å². The van der Waals surface area contributed by atoms with E-state index in [1.165, 1.54) is 25.7 Å². The molecule has 0 atom stereocenters. The molecule has 0 aromatic carbocycles. The lowest BCUT2D eigenvalue weighted by molar-refractivity contribution is -0.149. The third-order valence-electron chi connectivity index (χ3n) is 3.54. The fourth-order valence-corrected chi connectivity index (χ4v) is 3.38. The van der Waals surface area contributed by atoms with Crippen LogP contribution in [0.5, 0.6) is 0 Å². The summed E-state index contributed by atoms with van der Waals surface area (Å²) in [6.45, 7) is 5.62. The maximum atomic E-state index is 11.9. The number of hydrogen-bond donors (Lipinski definition) is 0. The SMILES string of the molecule is CCOC(=O)C(C)(C)c1nc(CSC2CCCC2)no1. The zero-order chi connectivity index (χ0) is 14.6. The molecule has 1 aromatic rings. The van der Waals surface area contributed by atoms with Crippen molar-refractivity contribution in [2.45, 2.75) is 62.9 Å². The summed E-state index contributed by atoms with van der Waals surface area (Å²) in [5, 5.41) is 4.69. The van der Waals surface area contributed by atoms with Gasteiger partial charge in [-0.3, -0.25) is 4.79 Å². The predicted octanol–water partition coefficient (Wildman–Crippen LogP) is 3.09. The Morgan fingerprint density at radius 2 is 2.15 bits per heavy atom. The summed E-state index contributed by atoms with van der Waals surface area (Å²) in [7, 11) is 0. The van der Waals surface area contributed by atoms with Crippen molar-refractivity contribution in [1.29, 1.82) is 0 Å². The van der Waals surface area contributed by atoms with Gasteiger partial charge in [0.2, 0.25) is 5.89 Å². The predicted molar refractivity (Wildman–Crippen MR) is 77.5 cm³/mol. The molecule has 0 amide bonds. The monoisotopic (exact) mass is 298 g/mol. The number of carbonyl (C=O) groups is 1. The van der Waals surface area contributed by atoms with Gasteiger partial charge in [0.1, 0.15) is 5.41 Å². The van der Waals surface area contributed by atoms with Crippen LogP contribution in [0, 0.1) is 0 Å². The van der Waals surface area contributed by atoms with E-state index in [1.54, 1.807) is 20.8 Å². The van der Waals surface area contributed by atoms with Gasteiger partial charge < -0.3 is 9.26 Å². The second kappa shape index (κ2) is 6.61. The number of esters is 1. The van der Waals surface area contributed by atoms with E-state index in [1.807, 2.05) is 11.8 Å². The molecule has 0 saturated heterocycles. The molecule has 0 N–H and O–H groups in total. The molecule has 6 heteroatoms. The largest absolute Gasteiger partial charge is 0.465 e. The van der Waals surface area contributed by atoms with Crippen LogP contribution in [0.25, 0.3) is 0 Å². The first-order chi connectivity index (χ1) is 9.54. The van der Waals surface area contributed by atoms with Crippen molar-refractivity contribution in [3.8, 4) is 0 Å². The molecule has 5 nitrogen and oxygen atoms in total. The number of hydrogen-bond acceptors (Lipinski definition) is 6. The molecule has 1 heterocycles. The van der Waals surface area contributed by atoms with Gasteiger partial charge in [0.05, 0.1) is 12.4 Å². The highest BCUT2D eigenvalue weighted by atomic mass is 32.2.